The minimum Gasteiger partial charge on any atom is -0.346 e. The van der Waals surface area contributed by atoms with Crippen LogP contribution in [0, 0.1) is 11.3 Å². The summed E-state index contributed by atoms with van der Waals surface area (Å²) in [6.07, 6.45) is 1.37. The van der Waals surface area contributed by atoms with Crippen LogP contribution in [0.25, 0.3) is 0 Å². The fourth-order valence-electron chi connectivity index (χ4n) is 0.818. The second kappa shape index (κ2) is 3.47. The number of amides is 1. The molecule has 0 saturated carbocycles. The van der Waals surface area contributed by atoms with E-state index in [9.17, 15) is 4.79 Å². The molecule has 0 spiro atoms. The predicted octanol–water partition coefficient (Wildman–Crippen LogP) is 1.12. The van der Waals surface area contributed by atoms with E-state index in [1.54, 1.807) is 0 Å². The largest absolute Gasteiger partial charge is 0.346 e. The van der Waals surface area contributed by atoms with Gasteiger partial charge in [0.25, 0.3) is 5.24 Å². The van der Waals surface area contributed by atoms with E-state index in [0.717, 1.165) is 13.0 Å². The summed E-state index contributed by atoms with van der Waals surface area (Å²) in [5.41, 5.74) is 0. The molecule has 1 N–H and O–H groups in total. The molecule has 1 unspecified atom stereocenters. The van der Waals surface area contributed by atoms with Crippen LogP contribution in [0.5, 0.6) is 0 Å². The standard InChI is InChI=1S/C6H8N2OS/c7-3-1-2-5-4-8-6(9)10-5/h5H,1-2,4H2,(H,8,9). The first kappa shape index (κ1) is 7.42. The van der Waals surface area contributed by atoms with Gasteiger partial charge in [-0.2, -0.15) is 5.26 Å². The van der Waals surface area contributed by atoms with Gasteiger partial charge in [-0.3, -0.25) is 4.79 Å². The van der Waals surface area contributed by atoms with Crippen LogP contribution in [0.2, 0.25) is 0 Å². The molecule has 1 aliphatic rings. The van der Waals surface area contributed by atoms with E-state index < -0.39 is 0 Å². The van der Waals surface area contributed by atoms with Crippen LogP contribution in [0.4, 0.5) is 4.79 Å². The van der Waals surface area contributed by atoms with E-state index in [0.29, 0.717) is 11.7 Å². The number of nitriles is 1. The van der Waals surface area contributed by atoms with Gasteiger partial charge in [0.2, 0.25) is 0 Å². The molecular formula is C6H8N2OS. The van der Waals surface area contributed by atoms with Crippen LogP contribution in [0.1, 0.15) is 12.8 Å². The molecule has 0 aliphatic carbocycles. The van der Waals surface area contributed by atoms with Crippen molar-refractivity contribution in [3.05, 3.63) is 0 Å². The van der Waals surface area contributed by atoms with Gasteiger partial charge in [-0.05, 0) is 6.42 Å². The Kier molecular flexibility index (Phi) is 2.57. The summed E-state index contributed by atoms with van der Waals surface area (Å²) in [6.45, 7) is 0.727. The Morgan fingerprint density at radius 3 is 3.20 bits per heavy atom. The molecule has 1 saturated heterocycles. The maximum absolute atomic E-state index is 10.6. The van der Waals surface area contributed by atoms with E-state index in [1.807, 2.05) is 0 Å². The van der Waals surface area contributed by atoms with Gasteiger partial charge >= 0.3 is 0 Å². The summed E-state index contributed by atoms with van der Waals surface area (Å²) in [5, 5.41) is 11.3. The summed E-state index contributed by atoms with van der Waals surface area (Å²) in [5.74, 6) is 0. The maximum Gasteiger partial charge on any atom is 0.279 e. The number of carbonyl (C=O) groups excluding carboxylic acids is 1. The molecule has 10 heavy (non-hydrogen) atoms. The number of thioether (sulfide) groups is 1. The fourth-order valence-corrected chi connectivity index (χ4v) is 1.69. The lowest BCUT2D eigenvalue weighted by Gasteiger charge is -1.99. The van der Waals surface area contributed by atoms with Crippen LogP contribution >= 0.6 is 11.8 Å². The number of nitrogens with one attached hydrogen (secondary N) is 1. The Labute approximate surface area is 63.8 Å². The Morgan fingerprint density at radius 2 is 2.70 bits per heavy atom. The Balaban J connectivity index is 2.20. The minimum absolute atomic E-state index is 0.0444. The van der Waals surface area contributed by atoms with Crippen molar-refractivity contribution in [2.75, 3.05) is 6.54 Å². The van der Waals surface area contributed by atoms with Crippen LogP contribution in [0.3, 0.4) is 0 Å². The van der Waals surface area contributed by atoms with Crippen molar-refractivity contribution in [2.45, 2.75) is 18.1 Å². The summed E-state index contributed by atoms with van der Waals surface area (Å²) < 4.78 is 0. The molecule has 0 aromatic rings. The zero-order valence-electron chi connectivity index (χ0n) is 5.46. The molecule has 1 fully saturated rings. The molecular weight excluding hydrogens is 148 g/mol. The molecule has 3 nitrogen and oxygen atoms in total. The van der Waals surface area contributed by atoms with Crippen LogP contribution in [0.15, 0.2) is 0 Å². The molecule has 0 aromatic carbocycles. The second-order valence-electron chi connectivity index (χ2n) is 2.11. The van der Waals surface area contributed by atoms with Crippen LogP contribution in [-0.4, -0.2) is 17.0 Å². The van der Waals surface area contributed by atoms with E-state index in [2.05, 4.69) is 11.4 Å². The highest BCUT2D eigenvalue weighted by Crippen LogP contribution is 2.21. The smallest absolute Gasteiger partial charge is 0.279 e. The Morgan fingerprint density at radius 1 is 1.90 bits per heavy atom. The molecule has 4 heteroatoms. The van der Waals surface area contributed by atoms with E-state index in [-0.39, 0.29) is 5.24 Å². The van der Waals surface area contributed by atoms with Gasteiger partial charge in [-0.15, -0.1) is 0 Å². The van der Waals surface area contributed by atoms with Crippen LogP contribution < -0.4 is 5.32 Å². The highest BCUT2D eigenvalue weighted by molar-refractivity contribution is 8.14. The lowest BCUT2D eigenvalue weighted by atomic mass is 10.2. The topological polar surface area (TPSA) is 52.9 Å². The minimum atomic E-state index is 0.0444. The predicted molar refractivity (Wildman–Crippen MR) is 39.6 cm³/mol. The van der Waals surface area contributed by atoms with Gasteiger partial charge in [-0.25, -0.2) is 0 Å². The lowest BCUT2D eigenvalue weighted by molar-refractivity contribution is 0.262. The molecule has 1 heterocycles. The highest BCUT2D eigenvalue weighted by Gasteiger charge is 2.21. The first-order chi connectivity index (χ1) is 4.83. The van der Waals surface area contributed by atoms with Gasteiger partial charge in [0.15, 0.2) is 0 Å². The van der Waals surface area contributed by atoms with Crippen molar-refractivity contribution in [1.29, 1.82) is 5.26 Å². The molecule has 0 aromatic heterocycles. The summed E-state index contributed by atoms with van der Waals surface area (Å²) in [4.78, 5) is 10.6. The number of hydrogen-bond acceptors (Lipinski definition) is 3. The van der Waals surface area contributed by atoms with E-state index in [4.69, 9.17) is 5.26 Å². The Hall–Kier alpha value is -0.690. The third-order valence-corrected chi connectivity index (χ3v) is 2.42. The molecule has 0 bridgehead atoms. The van der Waals surface area contributed by atoms with Crippen molar-refractivity contribution in [3.8, 4) is 6.07 Å². The first-order valence-corrected chi connectivity index (χ1v) is 4.02. The third-order valence-electron chi connectivity index (χ3n) is 1.33. The Bertz CT molecular complexity index is 175. The van der Waals surface area contributed by atoms with Crippen molar-refractivity contribution >= 4 is 17.0 Å². The van der Waals surface area contributed by atoms with Crippen molar-refractivity contribution in [2.24, 2.45) is 0 Å². The van der Waals surface area contributed by atoms with Crippen molar-refractivity contribution in [1.82, 2.24) is 5.32 Å². The fraction of sp³-hybridized carbons (Fsp3) is 0.667. The zero-order valence-corrected chi connectivity index (χ0v) is 6.28. The number of carbonyl (C=O) groups is 1. The van der Waals surface area contributed by atoms with Gasteiger partial charge in [0, 0.05) is 18.2 Å². The SMILES string of the molecule is N#CCCC1CNC(=O)S1. The monoisotopic (exact) mass is 156 g/mol. The van der Waals surface area contributed by atoms with E-state index >= 15 is 0 Å². The quantitative estimate of drug-likeness (QED) is 0.651. The highest BCUT2D eigenvalue weighted by atomic mass is 32.2. The van der Waals surface area contributed by atoms with Crippen molar-refractivity contribution in [3.63, 3.8) is 0 Å². The summed E-state index contributed by atoms with van der Waals surface area (Å²) in [6, 6.07) is 2.06. The number of rotatable bonds is 2. The molecule has 1 atom stereocenters. The number of nitrogens with zero attached hydrogens (tertiary/aromatic N) is 1. The molecule has 0 radical (unpaired) electrons. The molecule has 1 amide bonds. The zero-order chi connectivity index (χ0) is 7.40. The average molecular weight is 156 g/mol. The second-order valence-corrected chi connectivity index (χ2v) is 3.38. The van der Waals surface area contributed by atoms with Gasteiger partial charge in [-0.1, -0.05) is 11.8 Å². The van der Waals surface area contributed by atoms with Gasteiger partial charge < -0.3 is 5.32 Å². The first-order valence-electron chi connectivity index (χ1n) is 3.14. The van der Waals surface area contributed by atoms with Crippen molar-refractivity contribution < 1.29 is 4.79 Å². The summed E-state index contributed by atoms with van der Waals surface area (Å²) >= 11 is 1.30. The van der Waals surface area contributed by atoms with Gasteiger partial charge in [0.1, 0.15) is 0 Å². The third kappa shape index (κ3) is 1.92. The van der Waals surface area contributed by atoms with E-state index in [1.165, 1.54) is 11.8 Å². The average Bonchev–Trinajstić information content (AvgIpc) is 2.31. The lowest BCUT2D eigenvalue weighted by Crippen LogP contribution is -2.14. The molecule has 1 aliphatic heterocycles. The normalized spacial score (nSPS) is 23.9. The molecule has 54 valence electrons. The van der Waals surface area contributed by atoms with Crippen LogP contribution in [-0.2, 0) is 0 Å². The van der Waals surface area contributed by atoms with Gasteiger partial charge in [0.05, 0.1) is 6.07 Å². The molecule has 1 rings (SSSR count). The maximum atomic E-state index is 10.6. The summed E-state index contributed by atoms with van der Waals surface area (Å²) in [7, 11) is 0. The number of hydrogen-bond donors (Lipinski definition) is 1.